The smallest absolute Gasteiger partial charge is 0.259 e. The van der Waals surface area contributed by atoms with E-state index in [4.69, 9.17) is 0 Å². The highest BCUT2D eigenvalue weighted by atomic mass is 32.1. The molecule has 130 valence electrons. The predicted molar refractivity (Wildman–Crippen MR) is 97.5 cm³/mol. The highest BCUT2D eigenvalue weighted by Crippen LogP contribution is 2.25. The lowest BCUT2D eigenvalue weighted by Crippen LogP contribution is -2.11. The molecule has 0 bridgehead atoms. The van der Waals surface area contributed by atoms with Crippen molar-refractivity contribution in [3.8, 4) is 0 Å². The molecule has 0 fully saturated rings. The van der Waals surface area contributed by atoms with Gasteiger partial charge in [-0.05, 0) is 24.3 Å². The largest absolute Gasteiger partial charge is 0.342 e. The summed E-state index contributed by atoms with van der Waals surface area (Å²) in [6.07, 6.45) is 3.20. The summed E-state index contributed by atoms with van der Waals surface area (Å²) in [4.78, 5) is 16.7. The van der Waals surface area contributed by atoms with Gasteiger partial charge in [-0.25, -0.2) is 13.8 Å². The topological polar surface area (TPSA) is 46.9 Å². The van der Waals surface area contributed by atoms with E-state index in [1.165, 1.54) is 29.5 Å². The zero-order chi connectivity index (χ0) is 18.1. The molecule has 1 N–H and O–H groups in total. The van der Waals surface area contributed by atoms with Crippen molar-refractivity contribution >= 4 is 33.3 Å². The molecule has 4 aromatic rings. The molecule has 0 aliphatic rings. The maximum absolute atomic E-state index is 14.0. The van der Waals surface area contributed by atoms with Gasteiger partial charge in [0.2, 0.25) is 0 Å². The van der Waals surface area contributed by atoms with E-state index < -0.39 is 5.82 Å². The number of thiazole rings is 1. The number of nitrogens with zero attached hydrogens (tertiary/aromatic N) is 2. The van der Waals surface area contributed by atoms with Gasteiger partial charge in [-0.1, -0.05) is 18.2 Å². The molecule has 0 unspecified atom stereocenters. The average Bonchev–Trinajstić information content (AvgIpc) is 3.25. The van der Waals surface area contributed by atoms with Crippen molar-refractivity contribution in [2.75, 3.05) is 5.32 Å². The number of anilines is 1. The van der Waals surface area contributed by atoms with Crippen LogP contribution in [0.3, 0.4) is 0 Å². The van der Waals surface area contributed by atoms with Gasteiger partial charge in [0.1, 0.15) is 11.6 Å². The molecular formula is C19H13F2N3OS. The zero-order valence-corrected chi connectivity index (χ0v) is 14.3. The van der Waals surface area contributed by atoms with E-state index in [1.54, 1.807) is 46.6 Å². The van der Waals surface area contributed by atoms with E-state index in [1.807, 2.05) is 0 Å². The standard InChI is InChI=1S/C19H13F2N3OS/c20-13-5-6-14-15(18(25)23-19-22-7-8-26-19)11-24(17(14)9-13)10-12-3-1-2-4-16(12)21/h1-9,11H,10H2,(H,22,23,25). The van der Waals surface area contributed by atoms with Gasteiger partial charge in [-0.2, -0.15) is 0 Å². The molecule has 26 heavy (non-hydrogen) atoms. The second-order valence-electron chi connectivity index (χ2n) is 5.71. The van der Waals surface area contributed by atoms with Crippen molar-refractivity contribution in [2.45, 2.75) is 6.54 Å². The Bertz CT molecular complexity index is 1090. The third-order valence-electron chi connectivity index (χ3n) is 4.04. The van der Waals surface area contributed by atoms with Crippen molar-refractivity contribution < 1.29 is 13.6 Å². The van der Waals surface area contributed by atoms with Crippen LogP contribution in [0.4, 0.5) is 13.9 Å². The summed E-state index contributed by atoms with van der Waals surface area (Å²) in [5.74, 6) is -1.11. The molecule has 1 amide bonds. The molecule has 2 aromatic heterocycles. The Hall–Kier alpha value is -3.06. The lowest BCUT2D eigenvalue weighted by atomic mass is 10.1. The molecule has 0 atom stereocenters. The fraction of sp³-hybridized carbons (Fsp3) is 0.0526. The lowest BCUT2D eigenvalue weighted by molar-refractivity contribution is 0.102. The first kappa shape index (κ1) is 16.4. The van der Waals surface area contributed by atoms with Crippen LogP contribution in [0.2, 0.25) is 0 Å². The van der Waals surface area contributed by atoms with Crippen LogP contribution in [-0.4, -0.2) is 15.5 Å². The molecule has 2 aromatic carbocycles. The SMILES string of the molecule is O=C(Nc1nccs1)c1cn(Cc2ccccc2F)c2cc(F)ccc12. The number of aromatic nitrogens is 2. The van der Waals surface area contributed by atoms with Crippen molar-refractivity contribution in [2.24, 2.45) is 0 Å². The van der Waals surface area contributed by atoms with Crippen molar-refractivity contribution in [3.63, 3.8) is 0 Å². The molecule has 0 aliphatic heterocycles. The summed E-state index contributed by atoms with van der Waals surface area (Å²) in [5.41, 5.74) is 1.37. The van der Waals surface area contributed by atoms with Gasteiger partial charge in [-0.15, -0.1) is 11.3 Å². The number of nitrogens with one attached hydrogen (secondary N) is 1. The number of halogens is 2. The number of fused-ring (bicyclic) bond motifs is 1. The van der Waals surface area contributed by atoms with E-state index in [-0.39, 0.29) is 18.3 Å². The second-order valence-corrected chi connectivity index (χ2v) is 6.61. The Morgan fingerprint density at radius 2 is 2.04 bits per heavy atom. The van der Waals surface area contributed by atoms with Gasteiger partial charge in [0.15, 0.2) is 5.13 Å². The minimum Gasteiger partial charge on any atom is -0.342 e. The number of amides is 1. The molecule has 7 heteroatoms. The Morgan fingerprint density at radius 1 is 1.19 bits per heavy atom. The van der Waals surface area contributed by atoms with E-state index in [0.717, 1.165) is 0 Å². The minimum absolute atomic E-state index is 0.192. The fourth-order valence-corrected chi connectivity index (χ4v) is 3.36. The quantitative estimate of drug-likeness (QED) is 0.568. The van der Waals surface area contributed by atoms with Gasteiger partial charge < -0.3 is 4.57 Å². The molecule has 4 rings (SSSR count). The molecule has 0 radical (unpaired) electrons. The highest BCUT2D eigenvalue weighted by molar-refractivity contribution is 7.13. The summed E-state index contributed by atoms with van der Waals surface area (Å²) in [6, 6.07) is 10.6. The Morgan fingerprint density at radius 3 is 2.81 bits per heavy atom. The Balaban J connectivity index is 1.77. The third-order valence-corrected chi connectivity index (χ3v) is 4.73. The van der Waals surface area contributed by atoms with Crippen molar-refractivity contribution in [3.05, 3.63) is 83.0 Å². The van der Waals surface area contributed by atoms with Crippen LogP contribution in [0.25, 0.3) is 10.9 Å². The van der Waals surface area contributed by atoms with Crippen LogP contribution in [0.1, 0.15) is 15.9 Å². The van der Waals surface area contributed by atoms with E-state index in [9.17, 15) is 13.6 Å². The van der Waals surface area contributed by atoms with Crippen LogP contribution >= 0.6 is 11.3 Å². The second kappa shape index (κ2) is 6.68. The van der Waals surface area contributed by atoms with Crippen LogP contribution in [0.15, 0.2) is 60.2 Å². The molecule has 2 heterocycles. The molecule has 4 nitrogen and oxygen atoms in total. The molecule has 0 saturated heterocycles. The maximum Gasteiger partial charge on any atom is 0.259 e. The predicted octanol–water partition coefficient (Wildman–Crippen LogP) is 4.68. The molecule has 0 saturated carbocycles. The van der Waals surface area contributed by atoms with Gasteiger partial charge >= 0.3 is 0 Å². The number of rotatable bonds is 4. The zero-order valence-electron chi connectivity index (χ0n) is 13.4. The van der Waals surface area contributed by atoms with Crippen molar-refractivity contribution in [1.82, 2.24) is 9.55 Å². The van der Waals surface area contributed by atoms with Gasteiger partial charge in [-0.3, -0.25) is 10.1 Å². The average molecular weight is 369 g/mol. The minimum atomic E-state index is -0.419. The molecular weight excluding hydrogens is 356 g/mol. The number of hydrogen-bond acceptors (Lipinski definition) is 3. The van der Waals surface area contributed by atoms with Crippen LogP contribution < -0.4 is 5.32 Å². The Kier molecular flexibility index (Phi) is 4.22. The number of carbonyl (C=O) groups is 1. The van der Waals surface area contributed by atoms with Crippen LogP contribution in [0, 0.1) is 11.6 Å². The van der Waals surface area contributed by atoms with Crippen LogP contribution in [0.5, 0.6) is 0 Å². The van der Waals surface area contributed by atoms with Crippen LogP contribution in [-0.2, 0) is 6.54 Å². The van der Waals surface area contributed by atoms with Gasteiger partial charge in [0, 0.05) is 28.7 Å². The summed E-state index contributed by atoms with van der Waals surface area (Å²) in [6.45, 7) is 0.192. The van der Waals surface area contributed by atoms with Gasteiger partial charge in [0.25, 0.3) is 5.91 Å². The van der Waals surface area contributed by atoms with Gasteiger partial charge in [0.05, 0.1) is 17.6 Å². The summed E-state index contributed by atoms with van der Waals surface area (Å²) in [5, 5.41) is 5.55. The highest BCUT2D eigenvalue weighted by Gasteiger charge is 2.17. The third kappa shape index (κ3) is 3.09. The normalized spacial score (nSPS) is 11.0. The Labute approximate surface area is 151 Å². The first-order valence-corrected chi connectivity index (χ1v) is 8.72. The molecule has 0 aliphatic carbocycles. The van der Waals surface area contributed by atoms with E-state index in [0.29, 0.717) is 27.2 Å². The lowest BCUT2D eigenvalue weighted by Gasteiger charge is -2.06. The van der Waals surface area contributed by atoms with E-state index in [2.05, 4.69) is 10.3 Å². The molecule has 0 spiro atoms. The summed E-state index contributed by atoms with van der Waals surface area (Å²) in [7, 11) is 0. The number of benzene rings is 2. The van der Waals surface area contributed by atoms with Crippen molar-refractivity contribution in [1.29, 1.82) is 0 Å². The number of hydrogen-bond donors (Lipinski definition) is 1. The first-order chi connectivity index (χ1) is 12.6. The fourth-order valence-electron chi connectivity index (χ4n) is 2.84. The summed E-state index contributed by atoms with van der Waals surface area (Å²) >= 11 is 1.31. The van der Waals surface area contributed by atoms with E-state index >= 15 is 0 Å². The maximum atomic E-state index is 14.0. The number of carbonyl (C=O) groups excluding carboxylic acids is 1. The monoisotopic (exact) mass is 369 g/mol. The summed E-state index contributed by atoms with van der Waals surface area (Å²) < 4.78 is 29.4. The first-order valence-electron chi connectivity index (χ1n) is 7.84.